The van der Waals surface area contributed by atoms with Crippen LogP contribution >= 0.6 is 0 Å². The minimum Gasteiger partial charge on any atom is -0.337 e. The summed E-state index contributed by atoms with van der Waals surface area (Å²) in [7, 11) is 1.96. The molecule has 2 aromatic carbocycles. The van der Waals surface area contributed by atoms with Crippen molar-refractivity contribution in [3.05, 3.63) is 71.8 Å². The third-order valence-corrected chi connectivity index (χ3v) is 5.11. The van der Waals surface area contributed by atoms with Crippen LogP contribution in [-0.4, -0.2) is 29.9 Å². The van der Waals surface area contributed by atoms with Gasteiger partial charge in [-0.05, 0) is 43.9 Å². The van der Waals surface area contributed by atoms with Gasteiger partial charge in [-0.15, -0.1) is 0 Å². The van der Waals surface area contributed by atoms with Gasteiger partial charge in [0.2, 0.25) is 5.91 Å². The van der Waals surface area contributed by atoms with Gasteiger partial charge in [0.1, 0.15) is 5.54 Å². The second-order valence-corrected chi connectivity index (χ2v) is 7.09. The van der Waals surface area contributed by atoms with Crippen LogP contribution in [0.15, 0.2) is 60.7 Å². The Morgan fingerprint density at radius 1 is 1.08 bits per heavy atom. The van der Waals surface area contributed by atoms with E-state index in [4.69, 9.17) is 0 Å². The lowest BCUT2D eigenvalue weighted by Gasteiger charge is -2.30. The Kier molecular flexibility index (Phi) is 5.70. The summed E-state index contributed by atoms with van der Waals surface area (Å²) in [5.41, 5.74) is 1.61. The van der Waals surface area contributed by atoms with E-state index in [1.165, 1.54) is 0 Å². The molecule has 4 nitrogen and oxygen atoms in total. The van der Waals surface area contributed by atoms with Crippen molar-refractivity contribution in [2.24, 2.45) is 0 Å². The summed E-state index contributed by atoms with van der Waals surface area (Å²) in [6, 6.07) is 22.7. The van der Waals surface area contributed by atoms with E-state index in [1.54, 1.807) is 0 Å². The Morgan fingerprint density at radius 2 is 1.58 bits per heavy atom. The maximum absolute atomic E-state index is 12.6. The molecule has 1 saturated carbocycles. The van der Waals surface area contributed by atoms with E-state index in [0.717, 1.165) is 36.8 Å². The van der Waals surface area contributed by atoms with E-state index in [1.807, 2.05) is 48.3 Å². The van der Waals surface area contributed by atoms with E-state index in [-0.39, 0.29) is 18.5 Å². The molecule has 1 fully saturated rings. The summed E-state index contributed by atoms with van der Waals surface area (Å²) in [4.78, 5) is 14.7. The largest absolute Gasteiger partial charge is 0.337 e. The number of benzene rings is 2. The molecule has 1 amide bonds. The maximum atomic E-state index is 12.6. The smallest absolute Gasteiger partial charge is 0.235 e. The zero-order valence-corrected chi connectivity index (χ0v) is 15.2. The van der Waals surface area contributed by atoms with Crippen molar-refractivity contribution in [2.75, 3.05) is 13.6 Å². The molecule has 26 heavy (non-hydrogen) atoms. The van der Waals surface area contributed by atoms with Gasteiger partial charge >= 0.3 is 0 Å². The van der Waals surface area contributed by atoms with Crippen molar-refractivity contribution < 1.29 is 4.79 Å². The topological polar surface area (TPSA) is 56.1 Å². The van der Waals surface area contributed by atoms with E-state index in [0.29, 0.717) is 0 Å². The maximum Gasteiger partial charge on any atom is 0.235 e. The van der Waals surface area contributed by atoms with Gasteiger partial charge in [-0.2, -0.15) is 5.26 Å². The summed E-state index contributed by atoms with van der Waals surface area (Å²) < 4.78 is 0. The number of nitriles is 1. The van der Waals surface area contributed by atoms with Gasteiger partial charge in [-0.25, -0.2) is 0 Å². The average Bonchev–Trinajstić information content (AvgIpc) is 3.12. The van der Waals surface area contributed by atoms with Crippen molar-refractivity contribution in [1.82, 2.24) is 10.2 Å². The zero-order valence-electron chi connectivity index (χ0n) is 15.2. The fourth-order valence-corrected chi connectivity index (χ4v) is 3.84. The van der Waals surface area contributed by atoms with Crippen molar-refractivity contribution in [1.29, 1.82) is 5.26 Å². The molecule has 0 bridgehead atoms. The molecule has 134 valence electrons. The highest BCUT2D eigenvalue weighted by Crippen LogP contribution is 2.30. The van der Waals surface area contributed by atoms with Crippen LogP contribution in [0.25, 0.3) is 0 Å². The average molecular weight is 347 g/mol. The van der Waals surface area contributed by atoms with Crippen molar-refractivity contribution in [3.8, 4) is 6.07 Å². The third-order valence-electron chi connectivity index (χ3n) is 5.11. The van der Waals surface area contributed by atoms with E-state index >= 15 is 0 Å². The molecule has 1 aliphatic rings. The molecule has 0 atom stereocenters. The van der Waals surface area contributed by atoms with Gasteiger partial charge in [-0.1, -0.05) is 60.7 Å². The number of carbonyl (C=O) groups excluding carboxylic acids is 1. The Hall–Kier alpha value is -2.64. The lowest BCUT2D eigenvalue weighted by atomic mass is 9.97. The minimum absolute atomic E-state index is 0.00948. The second-order valence-electron chi connectivity index (χ2n) is 7.09. The summed E-state index contributed by atoms with van der Waals surface area (Å²) in [6.45, 7) is 0.248. The predicted molar refractivity (Wildman–Crippen MR) is 102 cm³/mol. The molecule has 3 rings (SSSR count). The first kappa shape index (κ1) is 18.2. The number of rotatable bonds is 6. The molecule has 0 aromatic heterocycles. The first-order valence-corrected chi connectivity index (χ1v) is 9.16. The van der Waals surface area contributed by atoms with Crippen molar-refractivity contribution in [3.63, 3.8) is 0 Å². The third kappa shape index (κ3) is 4.12. The molecule has 0 aliphatic heterocycles. The lowest BCUT2D eigenvalue weighted by molar-refractivity contribution is -0.123. The fourth-order valence-electron chi connectivity index (χ4n) is 3.84. The number of likely N-dealkylation sites (N-methyl/N-ethyl adjacent to an activating group) is 1. The van der Waals surface area contributed by atoms with Gasteiger partial charge in [-0.3, -0.25) is 9.69 Å². The number of amides is 1. The molecule has 0 heterocycles. The number of hydrogen-bond donors (Lipinski definition) is 1. The van der Waals surface area contributed by atoms with E-state index in [9.17, 15) is 10.1 Å². The molecular weight excluding hydrogens is 322 g/mol. The quantitative estimate of drug-likeness (QED) is 0.867. The monoisotopic (exact) mass is 347 g/mol. The number of nitrogens with zero attached hydrogens (tertiary/aromatic N) is 2. The highest BCUT2D eigenvalue weighted by Gasteiger charge is 2.35. The first-order valence-electron chi connectivity index (χ1n) is 9.16. The predicted octanol–water partition coefficient (Wildman–Crippen LogP) is 3.66. The van der Waals surface area contributed by atoms with Crippen LogP contribution in [0.5, 0.6) is 0 Å². The molecule has 0 radical (unpaired) electrons. The summed E-state index contributed by atoms with van der Waals surface area (Å²) >= 11 is 0. The highest BCUT2D eigenvalue weighted by atomic mass is 16.2. The van der Waals surface area contributed by atoms with Crippen LogP contribution in [0.2, 0.25) is 0 Å². The SMILES string of the molecule is CN(CC(=O)NC1(C#N)CCCC1)C(c1ccccc1)c1ccccc1. The molecule has 1 aliphatic carbocycles. The highest BCUT2D eigenvalue weighted by molar-refractivity contribution is 5.79. The number of hydrogen-bond acceptors (Lipinski definition) is 3. The minimum atomic E-state index is -0.674. The molecule has 1 N–H and O–H groups in total. The standard InChI is InChI=1S/C22H25N3O/c1-25(16-20(26)24-22(17-23)14-8-9-15-22)21(18-10-4-2-5-11-18)19-12-6-3-7-13-19/h2-7,10-13,21H,8-9,14-16H2,1H3,(H,24,26). The van der Waals surface area contributed by atoms with Gasteiger partial charge in [0.05, 0.1) is 18.7 Å². The first-order chi connectivity index (χ1) is 12.6. The van der Waals surface area contributed by atoms with Gasteiger partial charge in [0.15, 0.2) is 0 Å². The number of carbonyl (C=O) groups is 1. The second kappa shape index (κ2) is 8.16. The summed E-state index contributed by atoms with van der Waals surface area (Å²) in [5, 5.41) is 12.5. The van der Waals surface area contributed by atoms with Gasteiger partial charge < -0.3 is 5.32 Å². The zero-order chi connectivity index (χ0) is 18.4. The molecule has 0 spiro atoms. The normalized spacial score (nSPS) is 15.8. The molecule has 4 heteroatoms. The Morgan fingerprint density at radius 3 is 2.04 bits per heavy atom. The van der Waals surface area contributed by atoms with Crippen LogP contribution in [0.4, 0.5) is 0 Å². The molecular formula is C22H25N3O. The van der Waals surface area contributed by atoms with Gasteiger partial charge in [0, 0.05) is 0 Å². The Balaban J connectivity index is 1.77. The Labute approximate surface area is 155 Å². The van der Waals surface area contributed by atoms with Crippen LogP contribution in [-0.2, 0) is 4.79 Å². The van der Waals surface area contributed by atoms with Gasteiger partial charge in [0.25, 0.3) is 0 Å². The molecule has 0 unspecified atom stereocenters. The van der Waals surface area contributed by atoms with Crippen molar-refractivity contribution >= 4 is 5.91 Å². The van der Waals surface area contributed by atoms with E-state index < -0.39 is 5.54 Å². The van der Waals surface area contributed by atoms with Crippen LogP contribution in [0, 0.1) is 11.3 Å². The Bertz CT molecular complexity index is 721. The fraction of sp³-hybridized carbons (Fsp3) is 0.364. The lowest BCUT2D eigenvalue weighted by Crippen LogP contribution is -2.49. The summed E-state index contributed by atoms with van der Waals surface area (Å²) in [6.07, 6.45) is 3.50. The van der Waals surface area contributed by atoms with Crippen LogP contribution in [0.1, 0.15) is 42.9 Å². The van der Waals surface area contributed by atoms with Crippen LogP contribution < -0.4 is 5.32 Å². The molecule has 2 aromatic rings. The van der Waals surface area contributed by atoms with E-state index in [2.05, 4.69) is 35.7 Å². The molecule has 0 saturated heterocycles. The van der Waals surface area contributed by atoms with Crippen LogP contribution in [0.3, 0.4) is 0 Å². The summed E-state index contributed by atoms with van der Waals surface area (Å²) in [5.74, 6) is -0.0900. The number of nitrogens with one attached hydrogen (secondary N) is 1. The van der Waals surface area contributed by atoms with Crippen molar-refractivity contribution in [2.45, 2.75) is 37.3 Å².